The van der Waals surface area contributed by atoms with E-state index in [1.165, 1.54) is 23.1 Å². The molecule has 1 aliphatic rings. The van der Waals surface area contributed by atoms with Gasteiger partial charge in [0, 0.05) is 19.1 Å². The highest BCUT2D eigenvalue weighted by Gasteiger charge is 2.30. The summed E-state index contributed by atoms with van der Waals surface area (Å²) in [5, 5.41) is 8.98. The van der Waals surface area contributed by atoms with E-state index in [0.29, 0.717) is 17.5 Å². The van der Waals surface area contributed by atoms with Crippen LogP contribution in [0.2, 0.25) is 0 Å². The molecular weight excluding hydrogens is 286 g/mol. The number of likely N-dealkylation sites (tertiary alicyclic amines) is 1. The van der Waals surface area contributed by atoms with Crippen molar-refractivity contribution >= 4 is 5.97 Å². The zero-order valence-corrected chi connectivity index (χ0v) is 13.7. The van der Waals surface area contributed by atoms with E-state index in [1.54, 1.807) is 12.1 Å². The predicted molar refractivity (Wildman–Crippen MR) is 91.8 cm³/mol. The second kappa shape index (κ2) is 6.55. The van der Waals surface area contributed by atoms with E-state index in [9.17, 15) is 4.79 Å². The normalized spacial score (nSPS) is 21.5. The lowest BCUT2D eigenvalue weighted by Gasteiger charge is -2.21. The average Bonchev–Trinajstić information content (AvgIpc) is 2.89. The fourth-order valence-corrected chi connectivity index (χ4v) is 3.58. The fourth-order valence-electron chi connectivity index (χ4n) is 3.58. The molecule has 1 saturated heterocycles. The summed E-state index contributed by atoms with van der Waals surface area (Å²) >= 11 is 0. The van der Waals surface area contributed by atoms with Gasteiger partial charge >= 0.3 is 5.97 Å². The summed E-state index contributed by atoms with van der Waals surface area (Å²) in [6.45, 7) is 6.41. The van der Waals surface area contributed by atoms with Gasteiger partial charge in [-0.05, 0) is 55.0 Å². The molecule has 1 aliphatic heterocycles. The number of rotatable bonds is 4. The first-order valence-corrected chi connectivity index (χ1v) is 8.16. The number of hydrogen-bond acceptors (Lipinski definition) is 2. The minimum absolute atomic E-state index is 0.348. The van der Waals surface area contributed by atoms with Crippen molar-refractivity contribution in [3.05, 3.63) is 70.8 Å². The molecule has 2 aromatic rings. The minimum atomic E-state index is -0.870. The van der Waals surface area contributed by atoms with Gasteiger partial charge in [0.1, 0.15) is 0 Å². The fraction of sp³-hybridized carbons (Fsp3) is 0.350. The zero-order valence-electron chi connectivity index (χ0n) is 13.7. The van der Waals surface area contributed by atoms with E-state index in [1.807, 2.05) is 12.1 Å². The van der Waals surface area contributed by atoms with Gasteiger partial charge in [0.25, 0.3) is 0 Å². The number of nitrogens with zero attached hydrogens (tertiary/aromatic N) is 1. The van der Waals surface area contributed by atoms with Gasteiger partial charge in [-0.2, -0.15) is 0 Å². The molecule has 1 heterocycles. The quantitative estimate of drug-likeness (QED) is 0.925. The first-order chi connectivity index (χ1) is 11.0. The molecule has 0 spiro atoms. The molecule has 1 N–H and O–H groups in total. The van der Waals surface area contributed by atoms with Crippen molar-refractivity contribution in [3.63, 3.8) is 0 Å². The van der Waals surface area contributed by atoms with Crippen LogP contribution in [-0.2, 0) is 6.54 Å². The van der Waals surface area contributed by atoms with Crippen LogP contribution in [-0.4, -0.2) is 28.6 Å². The Balaban J connectivity index is 1.70. The Morgan fingerprint density at radius 1 is 1.17 bits per heavy atom. The maximum atomic E-state index is 10.9. The van der Waals surface area contributed by atoms with E-state index in [2.05, 4.69) is 43.0 Å². The second-order valence-corrected chi connectivity index (χ2v) is 6.57. The Bertz CT molecular complexity index is 693. The minimum Gasteiger partial charge on any atom is -0.478 e. The molecule has 0 radical (unpaired) electrons. The Labute approximate surface area is 137 Å². The van der Waals surface area contributed by atoms with Crippen molar-refractivity contribution < 1.29 is 9.90 Å². The lowest BCUT2D eigenvalue weighted by Crippen LogP contribution is -2.26. The van der Waals surface area contributed by atoms with E-state index in [4.69, 9.17) is 5.11 Å². The van der Waals surface area contributed by atoms with Crippen molar-refractivity contribution in [1.29, 1.82) is 0 Å². The topological polar surface area (TPSA) is 40.5 Å². The van der Waals surface area contributed by atoms with Gasteiger partial charge in [0.05, 0.1) is 5.56 Å². The standard InChI is InChI=1S/C20H23NO2/c1-14-5-3-4-6-19(14)18-11-15(2)21(13-18)12-16-7-9-17(10-8-16)20(22)23/h3-10,15,18H,11-13H2,1-2H3,(H,22,23). The third-order valence-corrected chi connectivity index (χ3v) is 4.92. The lowest BCUT2D eigenvalue weighted by molar-refractivity contribution is 0.0697. The van der Waals surface area contributed by atoms with Gasteiger partial charge in [0.2, 0.25) is 0 Å². The van der Waals surface area contributed by atoms with Gasteiger partial charge < -0.3 is 5.11 Å². The van der Waals surface area contributed by atoms with Crippen LogP contribution in [0.1, 0.15) is 46.3 Å². The van der Waals surface area contributed by atoms with Crippen LogP contribution >= 0.6 is 0 Å². The molecule has 0 saturated carbocycles. The summed E-state index contributed by atoms with van der Waals surface area (Å²) in [7, 11) is 0. The molecule has 120 valence electrons. The monoisotopic (exact) mass is 309 g/mol. The van der Waals surface area contributed by atoms with Gasteiger partial charge in [-0.3, -0.25) is 4.90 Å². The van der Waals surface area contributed by atoms with Gasteiger partial charge in [0.15, 0.2) is 0 Å². The van der Waals surface area contributed by atoms with E-state index < -0.39 is 5.97 Å². The molecule has 3 nitrogen and oxygen atoms in total. The molecule has 2 aromatic carbocycles. The molecule has 3 rings (SSSR count). The number of carboxylic acids is 1. The van der Waals surface area contributed by atoms with Crippen molar-refractivity contribution in [2.24, 2.45) is 0 Å². The number of carbonyl (C=O) groups is 1. The largest absolute Gasteiger partial charge is 0.478 e. The van der Waals surface area contributed by atoms with Crippen LogP contribution in [0.5, 0.6) is 0 Å². The van der Waals surface area contributed by atoms with Crippen molar-refractivity contribution in [2.75, 3.05) is 6.54 Å². The van der Waals surface area contributed by atoms with Crippen LogP contribution in [0.25, 0.3) is 0 Å². The Hall–Kier alpha value is -2.13. The summed E-state index contributed by atoms with van der Waals surface area (Å²) in [4.78, 5) is 13.4. The molecule has 2 atom stereocenters. The highest BCUT2D eigenvalue weighted by atomic mass is 16.4. The van der Waals surface area contributed by atoms with Gasteiger partial charge in [-0.1, -0.05) is 36.4 Å². The van der Waals surface area contributed by atoms with Crippen molar-refractivity contribution in [1.82, 2.24) is 4.90 Å². The Kier molecular flexibility index (Phi) is 4.49. The van der Waals surface area contributed by atoms with Crippen molar-refractivity contribution in [2.45, 2.75) is 38.8 Å². The molecule has 23 heavy (non-hydrogen) atoms. The molecule has 3 heteroatoms. The molecule has 0 bridgehead atoms. The van der Waals surface area contributed by atoms with E-state index >= 15 is 0 Å². The summed E-state index contributed by atoms with van der Waals surface area (Å²) in [5.74, 6) is -0.282. The van der Waals surface area contributed by atoms with Crippen LogP contribution in [0, 0.1) is 6.92 Å². The molecular formula is C20H23NO2. The zero-order chi connectivity index (χ0) is 16.4. The summed E-state index contributed by atoms with van der Waals surface area (Å²) in [6, 6.07) is 16.4. The number of aromatic carboxylic acids is 1. The van der Waals surface area contributed by atoms with Crippen LogP contribution in [0.4, 0.5) is 0 Å². The molecule has 1 fully saturated rings. The highest BCUT2D eigenvalue weighted by Crippen LogP contribution is 2.34. The highest BCUT2D eigenvalue weighted by molar-refractivity contribution is 5.87. The molecule has 0 aromatic heterocycles. The van der Waals surface area contributed by atoms with Gasteiger partial charge in [-0.25, -0.2) is 4.79 Å². The number of carboxylic acid groups (broad SMARTS) is 1. The third kappa shape index (κ3) is 3.45. The third-order valence-electron chi connectivity index (χ3n) is 4.92. The average molecular weight is 309 g/mol. The maximum absolute atomic E-state index is 10.9. The van der Waals surface area contributed by atoms with Crippen LogP contribution in [0.15, 0.2) is 48.5 Å². The van der Waals surface area contributed by atoms with Crippen LogP contribution in [0.3, 0.4) is 0 Å². The number of hydrogen-bond donors (Lipinski definition) is 1. The molecule has 2 unspecified atom stereocenters. The summed E-state index contributed by atoms with van der Waals surface area (Å²) < 4.78 is 0. The summed E-state index contributed by atoms with van der Waals surface area (Å²) in [5.41, 5.74) is 4.36. The number of aryl methyl sites for hydroxylation is 1. The predicted octanol–water partition coefficient (Wildman–Crippen LogP) is 4.07. The Morgan fingerprint density at radius 3 is 2.52 bits per heavy atom. The second-order valence-electron chi connectivity index (χ2n) is 6.57. The van der Waals surface area contributed by atoms with Crippen molar-refractivity contribution in [3.8, 4) is 0 Å². The Morgan fingerprint density at radius 2 is 1.87 bits per heavy atom. The molecule has 0 aliphatic carbocycles. The summed E-state index contributed by atoms with van der Waals surface area (Å²) in [6.07, 6.45) is 1.18. The first kappa shape index (κ1) is 15.8. The number of benzene rings is 2. The smallest absolute Gasteiger partial charge is 0.335 e. The first-order valence-electron chi connectivity index (χ1n) is 8.16. The van der Waals surface area contributed by atoms with E-state index in [-0.39, 0.29) is 0 Å². The SMILES string of the molecule is Cc1ccccc1C1CC(C)N(Cc2ccc(C(=O)O)cc2)C1. The molecule has 0 amide bonds. The lowest BCUT2D eigenvalue weighted by atomic mass is 9.93. The maximum Gasteiger partial charge on any atom is 0.335 e. The van der Waals surface area contributed by atoms with E-state index in [0.717, 1.165) is 13.1 Å². The van der Waals surface area contributed by atoms with Crippen LogP contribution < -0.4 is 0 Å². The van der Waals surface area contributed by atoms with Gasteiger partial charge in [-0.15, -0.1) is 0 Å².